The molecular formula is C20H18BrNOS. The van der Waals surface area contributed by atoms with Crippen LogP contribution in [-0.2, 0) is 4.79 Å². The van der Waals surface area contributed by atoms with Gasteiger partial charge in [-0.05, 0) is 55.0 Å². The number of thioether (sulfide) groups is 1. The lowest BCUT2D eigenvalue weighted by Gasteiger charge is -2.11. The number of allylic oxidation sites excluding steroid dienone is 2. The molecule has 122 valence electrons. The van der Waals surface area contributed by atoms with Crippen LogP contribution < -0.4 is 5.32 Å². The number of para-hydroxylation sites is 1. The third kappa shape index (κ3) is 4.00. The van der Waals surface area contributed by atoms with Crippen molar-refractivity contribution in [3.05, 3.63) is 80.8 Å². The van der Waals surface area contributed by atoms with E-state index < -0.39 is 0 Å². The minimum Gasteiger partial charge on any atom is -0.350 e. The fraction of sp³-hybridized carbons (Fsp3) is 0.150. The number of hydrogen-bond acceptors (Lipinski definition) is 3. The number of benzene rings is 2. The molecule has 0 heterocycles. The van der Waals surface area contributed by atoms with Gasteiger partial charge in [0.1, 0.15) is 0 Å². The summed E-state index contributed by atoms with van der Waals surface area (Å²) in [6.45, 7) is 0. The molecule has 0 radical (unpaired) electrons. The molecule has 1 aliphatic rings. The molecule has 2 aromatic rings. The molecule has 0 spiro atoms. The largest absolute Gasteiger partial charge is 0.350 e. The van der Waals surface area contributed by atoms with E-state index in [1.54, 1.807) is 11.8 Å². The average molecular weight is 400 g/mol. The van der Waals surface area contributed by atoms with Gasteiger partial charge in [0, 0.05) is 21.3 Å². The third-order valence-corrected chi connectivity index (χ3v) is 5.22. The van der Waals surface area contributed by atoms with Crippen LogP contribution in [0.2, 0.25) is 0 Å². The fourth-order valence-electron chi connectivity index (χ4n) is 2.70. The number of carbonyl (C=O) groups excluding carboxylic acids is 1. The van der Waals surface area contributed by atoms with Gasteiger partial charge in [-0.3, -0.25) is 4.79 Å². The SMILES string of the molecule is CS/C(Nc1ccccc1)=C1/CC/C(=C\c2ccc(Br)cc2)C1=O. The number of anilines is 1. The Labute approximate surface area is 155 Å². The van der Waals surface area contributed by atoms with Gasteiger partial charge < -0.3 is 5.32 Å². The van der Waals surface area contributed by atoms with E-state index in [9.17, 15) is 4.79 Å². The summed E-state index contributed by atoms with van der Waals surface area (Å²) in [6, 6.07) is 18.0. The number of hydrogen-bond donors (Lipinski definition) is 1. The van der Waals surface area contributed by atoms with Crippen molar-refractivity contribution >= 4 is 45.2 Å². The number of rotatable bonds is 4. The monoisotopic (exact) mass is 399 g/mol. The van der Waals surface area contributed by atoms with E-state index >= 15 is 0 Å². The van der Waals surface area contributed by atoms with Gasteiger partial charge >= 0.3 is 0 Å². The highest BCUT2D eigenvalue weighted by Crippen LogP contribution is 2.33. The van der Waals surface area contributed by atoms with Crippen LogP contribution in [-0.4, -0.2) is 12.0 Å². The first-order chi connectivity index (χ1) is 11.7. The summed E-state index contributed by atoms with van der Waals surface area (Å²) in [7, 11) is 0. The van der Waals surface area contributed by atoms with Gasteiger partial charge in [-0.2, -0.15) is 0 Å². The van der Waals surface area contributed by atoms with Crippen molar-refractivity contribution in [2.75, 3.05) is 11.6 Å². The summed E-state index contributed by atoms with van der Waals surface area (Å²) in [5, 5.41) is 4.33. The number of carbonyl (C=O) groups is 1. The highest BCUT2D eigenvalue weighted by Gasteiger charge is 2.26. The summed E-state index contributed by atoms with van der Waals surface area (Å²) in [4.78, 5) is 12.8. The Morgan fingerprint density at radius 3 is 2.46 bits per heavy atom. The van der Waals surface area contributed by atoms with E-state index in [1.165, 1.54) is 0 Å². The molecule has 0 saturated heterocycles. The van der Waals surface area contributed by atoms with Crippen LogP contribution in [0.3, 0.4) is 0 Å². The Balaban J connectivity index is 1.84. The molecule has 1 aliphatic carbocycles. The quantitative estimate of drug-likeness (QED) is 0.650. The van der Waals surface area contributed by atoms with E-state index in [2.05, 4.69) is 21.2 Å². The Morgan fingerprint density at radius 1 is 1.08 bits per heavy atom. The standard InChI is InChI=1S/C20H18BrNOS/c1-24-20(22-17-5-3-2-4-6-17)18-12-9-15(19(18)23)13-14-7-10-16(21)11-8-14/h2-8,10-11,13,22H,9,12H2,1H3/b15-13+,20-18-. The zero-order chi connectivity index (χ0) is 16.9. The Hall–Kier alpha value is -1.78. The predicted octanol–water partition coefficient (Wildman–Crippen LogP) is 5.88. The van der Waals surface area contributed by atoms with Gasteiger partial charge in [0.25, 0.3) is 0 Å². The number of halogens is 1. The first-order valence-electron chi connectivity index (χ1n) is 7.77. The van der Waals surface area contributed by atoms with Crippen molar-refractivity contribution in [3.8, 4) is 0 Å². The maximum Gasteiger partial charge on any atom is 0.187 e. The normalized spacial score (nSPS) is 18.1. The molecule has 1 saturated carbocycles. The number of nitrogens with one attached hydrogen (secondary N) is 1. The van der Waals surface area contributed by atoms with Gasteiger partial charge in [0.15, 0.2) is 5.78 Å². The molecule has 2 nitrogen and oxygen atoms in total. The molecule has 0 aromatic heterocycles. The summed E-state index contributed by atoms with van der Waals surface area (Å²) < 4.78 is 1.04. The van der Waals surface area contributed by atoms with Gasteiger partial charge in [-0.1, -0.05) is 46.3 Å². The van der Waals surface area contributed by atoms with Crippen LogP contribution >= 0.6 is 27.7 Å². The second-order valence-corrected chi connectivity index (χ2v) is 7.29. The van der Waals surface area contributed by atoms with Gasteiger partial charge in [-0.25, -0.2) is 0 Å². The molecule has 0 atom stereocenters. The van der Waals surface area contributed by atoms with Crippen molar-refractivity contribution < 1.29 is 4.79 Å². The van der Waals surface area contributed by atoms with Crippen molar-refractivity contribution in [2.24, 2.45) is 0 Å². The third-order valence-electron chi connectivity index (χ3n) is 3.93. The summed E-state index contributed by atoms with van der Waals surface area (Å²) >= 11 is 5.02. The fourth-order valence-corrected chi connectivity index (χ4v) is 3.62. The minimum atomic E-state index is 0.158. The second kappa shape index (κ2) is 7.86. The van der Waals surface area contributed by atoms with E-state index in [-0.39, 0.29) is 5.78 Å². The highest BCUT2D eigenvalue weighted by molar-refractivity contribution is 9.10. The molecule has 0 aliphatic heterocycles. The van der Waals surface area contributed by atoms with Crippen molar-refractivity contribution in [1.29, 1.82) is 0 Å². The van der Waals surface area contributed by atoms with Gasteiger partial charge in [0.05, 0.1) is 5.03 Å². The van der Waals surface area contributed by atoms with Gasteiger partial charge in [-0.15, -0.1) is 11.8 Å². The van der Waals surface area contributed by atoms with Crippen LogP contribution in [0.5, 0.6) is 0 Å². The molecule has 24 heavy (non-hydrogen) atoms. The highest BCUT2D eigenvalue weighted by atomic mass is 79.9. The lowest BCUT2D eigenvalue weighted by Crippen LogP contribution is -2.05. The Kier molecular flexibility index (Phi) is 5.59. The van der Waals surface area contributed by atoms with Crippen molar-refractivity contribution in [2.45, 2.75) is 12.8 Å². The maximum atomic E-state index is 12.8. The van der Waals surface area contributed by atoms with Crippen LogP contribution in [0, 0.1) is 0 Å². The van der Waals surface area contributed by atoms with Crippen LogP contribution in [0.4, 0.5) is 5.69 Å². The van der Waals surface area contributed by atoms with Crippen LogP contribution in [0.25, 0.3) is 6.08 Å². The molecular weight excluding hydrogens is 382 g/mol. The maximum absolute atomic E-state index is 12.8. The zero-order valence-corrected chi connectivity index (χ0v) is 15.8. The summed E-state index contributed by atoms with van der Waals surface area (Å²) in [5.74, 6) is 0.158. The molecule has 0 unspecified atom stereocenters. The van der Waals surface area contributed by atoms with Crippen LogP contribution in [0.15, 0.2) is 75.2 Å². The average Bonchev–Trinajstić information content (AvgIpc) is 2.96. The summed E-state index contributed by atoms with van der Waals surface area (Å²) in [6.07, 6.45) is 5.59. The topological polar surface area (TPSA) is 29.1 Å². The lowest BCUT2D eigenvalue weighted by atomic mass is 10.1. The van der Waals surface area contributed by atoms with E-state index in [0.29, 0.717) is 0 Å². The van der Waals surface area contributed by atoms with E-state index in [4.69, 9.17) is 0 Å². The first-order valence-corrected chi connectivity index (χ1v) is 9.79. The van der Waals surface area contributed by atoms with Crippen LogP contribution in [0.1, 0.15) is 18.4 Å². The Morgan fingerprint density at radius 2 is 1.79 bits per heavy atom. The molecule has 3 rings (SSSR count). The zero-order valence-electron chi connectivity index (χ0n) is 13.4. The first kappa shape index (κ1) is 17.1. The number of ketones is 1. The second-order valence-electron chi connectivity index (χ2n) is 5.55. The Bertz CT molecular complexity index is 794. The lowest BCUT2D eigenvalue weighted by molar-refractivity contribution is -0.111. The predicted molar refractivity (Wildman–Crippen MR) is 107 cm³/mol. The van der Waals surface area contributed by atoms with E-state index in [0.717, 1.165) is 44.7 Å². The molecule has 1 fully saturated rings. The molecule has 0 amide bonds. The van der Waals surface area contributed by atoms with E-state index in [1.807, 2.05) is 66.9 Å². The molecule has 2 aromatic carbocycles. The minimum absolute atomic E-state index is 0.158. The van der Waals surface area contributed by atoms with Gasteiger partial charge in [0.2, 0.25) is 0 Å². The van der Waals surface area contributed by atoms with Crippen molar-refractivity contribution in [3.63, 3.8) is 0 Å². The van der Waals surface area contributed by atoms with Crippen molar-refractivity contribution in [1.82, 2.24) is 0 Å². The molecule has 0 bridgehead atoms. The summed E-state index contributed by atoms with van der Waals surface area (Å²) in [5.41, 5.74) is 3.83. The molecule has 1 N–H and O–H groups in total. The number of Topliss-reactive ketones (excluding diaryl/α,β-unsaturated/α-hetero) is 1. The smallest absolute Gasteiger partial charge is 0.187 e. The molecule has 4 heteroatoms.